The van der Waals surface area contributed by atoms with Crippen LogP contribution in [0.15, 0.2) is 54.6 Å². The summed E-state index contributed by atoms with van der Waals surface area (Å²) in [7, 11) is 1.58. The van der Waals surface area contributed by atoms with E-state index in [2.05, 4.69) is 63.2 Å². The number of carbonyl (C=O) groups excluding carboxylic acids is 2. The van der Waals surface area contributed by atoms with Crippen molar-refractivity contribution in [2.45, 2.75) is 72.6 Å². The van der Waals surface area contributed by atoms with Crippen LogP contribution in [0.3, 0.4) is 0 Å². The zero-order valence-corrected chi connectivity index (χ0v) is 26.7. The monoisotopic (exact) mass is 625 g/mol. The summed E-state index contributed by atoms with van der Waals surface area (Å²) in [4.78, 5) is 27.5. The van der Waals surface area contributed by atoms with E-state index in [1.807, 2.05) is 12.1 Å². The molecule has 0 fully saturated rings. The summed E-state index contributed by atoms with van der Waals surface area (Å²) in [6.07, 6.45) is 7.84. The molecular weight excluding hydrogens is 585 g/mol. The Labute approximate surface area is 235 Å². The number of amides is 2. The second-order valence-corrected chi connectivity index (χ2v) is 24.8. The molecule has 1 heterocycles. The van der Waals surface area contributed by atoms with Crippen LogP contribution in [0.4, 0.5) is 0 Å². The number of hydrogen-bond donors (Lipinski definition) is 0. The molecule has 0 atom stereocenters. The number of nitrogens with zero attached hydrogens (tertiary/aromatic N) is 1. The predicted molar refractivity (Wildman–Crippen MR) is 169 cm³/mol. The Morgan fingerprint density at radius 2 is 1.03 bits per heavy atom. The fourth-order valence-corrected chi connectivity index (χ4v) is 24.1. The van der Waals surface area contributed by atoms with Crippen LogP contribution in [0.2, 0.25) is 13.3 Å². The summed E-state index contributed by atoms with van der Waals surface area (Å²) < 4.78 is 6.06. The van der Waals surface area contributed by atoms with Crippen molar-refractivity contribution in [3.63, 3.8) is 0 Å². The van der Waals surface area contributed by atoms with Crippen molar-refractivity contribution in [3.8, 4) is 0 Å². The second kappa shape index (κ2) is 10.4. The Hall–Kier alpha value is -2.66. The summed E-state index contributed by atoms with van der Waals surface area (Å²) in [5.41, 5.74) is 1.27. The molecule has 0 aromatic heterocycles. The molecule has 1 aliphatic rings. The van der Waals surface area contributed by atoms with Crippen LogP contribution in [-0.2, 0) is 0 Å². The van der Waals surface area contributed by atoms with Gasteiger partial charge in [-0.2, -0.15) is 0 Å². The number of imide groups is 1. The third-order valence-electron chi connectivity index (χ3n) is 9.45. The van der Waals surface area contributed by atoms with Crippen LogP contribution in [-0.4, -0.2) is 42.1 Å². The number of unbranched alkanes of at least 4 members (excludes halogenated alkanes) is 3. The van der Waals surface area contributed by atoms with E-state index in [9.17, 15) is 9.59 Å². The maximum atomic E-state index is 13.1. The zero-order chi connectivity index (χ0) is 27.3. The Kier molecular flexibility index (Phi) is 7.07. The van der Waals surface area contributed by atoms with Crippen LogP contribution in [0.1, 0.15) is 80.0 Å². The molecule has 2 amide bonds. The van der Waals surface area contributed by atoms with Gasteiger partial charge in [-0.25, -0.2) is 0 Å². The molecule has 0 aliphatic carbocycles. The van der Waals surface area contributed by atoms with Gasteiger partial charge in [0.15, 0.2) is 0 Å². The van der Waals surface area contributed by atoms with Gasteiger partial charge in [0, 0.05) is 0 Å². The molecule has 0 N–H and O–H groups in total. The van der Waals surface area contributed by atoms with Crippen molar-refractivity contribution in [3.05, 3.63) is 65.7 Å². The normalized spacial score (nSPS) is 14.1. The Morgan fingerprint density at radius 3 is 1.56 bits per heavy atom. The van der Waals surface area contributed by atoms with Gasteiger partial charge in [0.05, 0.1) is 0 Å². The molecule has 0 saturated carbocycles. The van der Waals surface area contributed by atoms with E-state index in [1.165, 1.54) is 78.3 Å². The molecule has 0 radical (unpaired) electrons. The minimum atomic E-state index is -2.70. The standard InChI is InChI=1S/C23H12NO2.3C4H9.Sn/c1-24-22(25)17-10-8-15-13-6-2-4-12-5-3-7-14(19(12)13)16-9-11-18(23(24)26)21(17)20(15)16;3*1-3-4-2;/h2-4,6-11H,1H3;3*1,3-4H2,2H3;. The van der Waals surface area contributed by atoms with Gasteiger partial charge in [-0.15, -0.1) is 0 Å². The molecule has 0 saturated heterocycles. The molecule has 0 unspecified atom stereocenters. The molecule has 5 aromatic carbocycles. The SMILES string of the molecule is CCC[CH2][Sn]([CH2]CCC)([CH2]CCC)[c]1ccc2c3ccc4c5c(ccc(c6cccc1c62)c53)C(=O)N(C)C4=O. The van der Waals surface area contributed by atoms with Gasteiger partial charge in [-0.05, 0) is 0 Å². The van der Waals surface area contributed by atoms with Crippen molar-refractivity contribution < 1.29 is 9.59 Å². The van der Waals surface area contributed by atoms with Crippen LogP contribution < -0.4 is 3.58 Å². The molecule has 3 nitrogen and oxygen atoms in total. The first kappa shape index (κ1) is 26.6. The van der Waals surface area contributed by atoms with Crippen LogP contribution in [0.5, 0.6) is 0 Å². The summed E-state index contributed by atoms with van der Waals surface area (Å²) >= 11 is -2.70. The Bertz CT molecular complexity index is 1640. The molecule has 5 aromatic rings. The first-order chi connectivity index (χ1) is 19.0. The van der Waals surface area contributed by atoms with Crippen LogP contribution in [0.25, 0.3) is 43.1 Å². The van der Waals surface area contributed by atoms with Crippen molar-refractivity contribution in [1.82, 2.24) is 4.90 Å². The molecule has 39 heavy (non-hydrogen) atoms. The Morgan fingerprint density at radius 1 is 0.564 bits per heavy atom. The van der Waals surface area contributed by atoms with E-state index in [1.54, 1.807) is 10.6 Å². The van der Waals surface area contributed by atoms with Gasteiger partial charge < -0.3 is 0 Å². The first-order valence-electron chi connectivity index (χ1n) is 15.0. The van der Waals surface area contributed by atoms with Crippen LogP contribution >= 0.6 is 0 Å². The van der Waals surface area contributed by atoms with Crippen LogP contribution in [0, 0.1) is 0 Å². The van der Waals surface area contributed by atoms with E-state index in [4.69, 9.17) is 0 Å². The first-order valence-corrected chi connectivity index (χ1v) is 22.4. The molecule has 1 aliphatic heterocycles. The van der Waals surface area contributed by atoms with Gasteiger partial charge in [-0.1, -0.05) is 0 Å². The van der Waals surface area contributed by atoms with Gasteiger partial charge in [0.2, 0.25) is 0 Å². The van der Waals surface area contributed by atoms with E-state index in [-0.39, 0.29) is 11.8 Å². The molecular formula is C35H39NO2Sn. The predicted octanol–water partition coefficient (Wildman–Crippen LogP) is 9.02. The second-order valence-electron chi connectivity index (χ2n) is 11.7. The number of carbonyl (C=O) groups is 2. The van der Waals surface area contributed by atoms with Crippen molar-refractivity contribution >= 4 is 76.9 Å². The number of benzene rings is 5. The fourth-order valence-electron chi connectivity index (χ4n) is 7.40. The van der Waals surface area contributed by atoms with Crippen molar-refractivity contribution in [2.75, 3.05) is 7.05 Å². The third kappa shape index (κ3) is 3.98. The summed E-state index contributed by atoms with van der Waals surface area (Å²) in [6.45, 7) is 7.03. The molecule has 0 spiro atoms. The minimum absolute atomic E-state index is 0.211. The van der Waals surface area contributed by atoms with Crippen molar-refractivity contribution in [2.24, 2.45) is 0 Å². The molecule has 4 heteroatoms. The molecule has 200 valence electrons. The zero-order valence-electron chi connectivity index (χ0n) is 23.8. The average Bonchev–Trinajstić information content (AvgIpc) is 2.97. The number of fused-ring (bicyclic) bond motifs is 2. The Balaban J connectivity index is 1.70. The van der Waals surface area contributed by atoms with Gasteiger partial charge in [0.1, 0.15) is 0 Å². The maximum absolute atomic E-state index is 13.1. The van der Waals surface area contributed by atoms with E-state index >= 15 is 0 Å². The van der Waals surface area contributed by atoms with E-state index < -0.39 is 18.4 Å². The van der Waals surface area contributed by atoms with Crippen molar-refractivity contribution in [1.29, 1.82) is 0 Å². The molecule has 6 rings (SSSR count). The van der Waals surface area contributed by atoms with E-state index in [0.717, 1.165) is 21.5 Å². The summed E-state index contributed by atoms with van der Waals surface area (Å²) in [5, 5.41) is 9.54. The average molecular weight is 624 g/mol. The number of hydrogen-bond acceptors (Lipinski definition) is 2. The topological polar surface area (TPSA) is 37.4 Å². The fraction of sp³-hybridized carbons (Fsp3) is 0.371. The third-order valence-corrected chi connectivity index (χ3v) is 25.2. The summed E-state index contributed by atoms with van der Waals surface area (Å²) in [5.74, 6) is -0.422. The van der Waals surface area contributed by atoms with Gasteiger partial charge >= 0.3 is 237 Å². The quantitative estimate of drug-likeness (QED) is 0.0673. The summed E-state index contributed by atoms with van der Waals surface area (Å²) in [6, 6.07) is 19.9. The van der Waals surface area contributed by atoms with Gasteiger partial charge in [0.25, 0.3) is 0 Å². The number of rotatable bonds is 10. The van der Waals surface area contributed by atoms with E-state index in [0.29, 0.717) is 11.1 Å². The molecule has 0 bridgehead atoms. The van der Waals surface area contributed by atoms with Gasteiger partial charge in [-0.3, -0.25) is 0 Å².